The van der Waals surface area contributed by atoms with Crippen LogP contribution in [0.1, 0.15) is 6.92 Å². The average Bonchev–Trinajstić information content (AvgIpc) is 2.59. The lowest BCUT2D eigenvalue weighted by molar-refractivity contribution is -0.600. The van der Waals surface area contributed by atoms with E-state index in [4.69, 9.17) is 10.8 Å². The molecule has 7 heteroatoms. The van der Waals surface area contributed by atoms with E-state index >= 15 is 0 Å². The van der Waals surface area contributed by atoms with Crippen molar-refractivity contribution < 1.29 is 14.1 Å². The molecule has 0 atom stereocenters. The van der Waals surface area contributed by atoms with Crippen molar-refractivity contribution in [3.63, 3.8) is 0 Å². The molecule has 0 bridgehead atoms. The number of anilines is 1. The second-order valence-corrected chi connectivity index (χ2v) is 5.73. The quantitative estimate of drug-likeness (QED) is 0.373. The zero-order valence-corrected chi connectivity index (χ0v) is 14.4. The molecule has 0 radical (unpaired) electrons. The number of carbonyl (C=O) groups excluding carboxylic acids is 2. The first kappa shape index (κ1) is 18.2. The van der Waals surface area contributed by atoms with Gasteiger partial charge in [0.2, 0.25) is 24.2 Å². The lowest BCUT2D eigenvalue weighted by atomic mass is 10.1. The molecular weight excluding hydrogens is 318 g/mol. The van der Waals surface area contributed by atoms with Crippen molar-refractivity contribution in [2.24, 2.45) is 4.99 Å². The van der Waals surface area contributed by atoms with Crippen molar-refractivity contribution in [1.29, 1.82) is 10.8 Å². The van der Waals surface area contributed by atoms with E-state index in [2.05, 4.69) is 4.99 Å². The van der Waals surface area contributed by atoms with Gasteiger partial charge in [0.15, 0.2) is 0 Å². The molecule has 1 aromatic carbocycles. The molecule has 2 rings (SSSR count). The summed E-state index contributed by atoms with van der Waals surface area (Å²) in [5, 5.41) is 15.1. The van der Waals surface area contributed by atoms with Gasteiger partial charge in [-0.2, -0.15) is 0 Å². The van der Waals surface area contributed by atoms with Crippen LogP contribution in [0.5, 0.6) is 0 Å². The zero-order chi connectivity index (χ0) is 18.6. The fraction of sp³-hybridized carbons (Fsp3) is 0.167. The maximum atomic E-state index is 12.2. The van der Waals surface area contributed by atoms with Crippen LogP contribution in [-0.2, 0) is 9.59 Å². The average molecular weight is 338 g/mol. The lowest BCUT2D eigenvalue weighted by Crippen LogP contribution is -2.50. The van der Waals surface area contributed by atoms with Crippen LogP contribution in [-0.4, -0.2) is 48.7 Å². The summed E-state index contributed by atoms with van der Waals surface area (Å²) in [4.78, 5) is 30.6. The highest BCUT2D eigenvalue weighted by atomic mass is 16.2. The third-order valence-corrected chi connectivity index (χ3v) is 3.89. The Kier molecular flexibility index (Phi) is 5.19. The monoisotopic (exact) mass is 338 g/mol. The van der Waals surface area contributed by atoms with Crippen LogP contribution in [0, 0.1) is 10.8 Å². The van der Waals surface area contributed by atoms with Gasteiger partial charge in [-0.05, 0) is 36.4 Å². The van der Waals surface area contributed by atoms with Crippen molar-refractivity contribution in [2.75, 3.05) is 19.0 Å². The summed E-state index contributed by atoms with van der Waals surface area (Å²) in [6.45, 7) is 1.24. The number of allylic oxidation sites excluding steroid dienone is 3. The summed E-state index contributed by atoms with van der Waals surface area (Å²) >= 11 is 0. The molecule has 0 aromatic heterocycles. The van der Waals surface area contributed by atoms with Crippen molar-refractivity contribution >= 4 is 41.5 Å². The SMILES string of the molecule is CC(=O)[N+](C=N)(C=N)C1=CC(=Nc2ccc(N(C)C)cc2)C=CC1=O. The number of hydrogen-bond acceptors (Lipinski definition) is 6. The highest BCUT2D eigenvalue weighted by Gasteiger charge is 2.40. The number of benzene rings is 1. The highest BCUT2D eigenvalue weighted by Crippen LogP contribution is 2.22. The minimum atomic E-state index is -0.873. The van der Waals surface area contributed by atoms with Gasteiger partial charge in [-0.15, -0.1) is 4.48 Å². The highest BCUT2D eigenvalue weighted by molar-refractivity contribution is 6.20. The van der Waals surface area contributed by atoms with Gasteiger partial charge < -0.3 is 4.90 Å². The molecule has 1 amide bonds. The van der Waals surface area contributed by atoms with E-state index in [0.29, 0.717) is 11.4 Å². The first-order chi connectivity index (χ1) is 11.8. The van der Waals surface area contributed by atoms with Gasteiger partial charge in [0, 0.05) is 25.9 Å². The molecule has 1 aliphatic carbocycles. The Bertz CT molecular complexity index is 808. The minimum absolute atomic E-state index is 0.00339. The second-order valence-electron chi connectivity index (χ2n) is 5.73. The maximum absolute atomic E-state index is 12.2. The summed E-state index contributed by atoms with van der Waals surface area (Å²) < 4.78 is -0.873. The first-order valence-corrected chi connectivity index (χ1v) is 7.57. The molecule has 7 nitrogen and oxygen atoms in total. The standard InChI is InChI=1S/C18H20N5O2/c1-13(24)23(11-19,12-20)17-10-15(6-9-18(17)25)21-14-4-7-16(8-5-14)22(2)3/h4-12,19-20H,1-3H3/q+1. The molecule has 128 valence electrons. The van der Waals surface area contributed by atoms with E-state index in [1.54, 1.807) is 6.08 Å². The summed E-state index contributed by atoms with van der Waals surface area (Å²) in [6.07, 6.45) is 5.82. The van der Waals surface area contributed by atoms with Crippen LogP contribution >= 0.6 is 0 Å². The Balaban J connectivity index is 2.46. The summed E-state index contributed by atoms with van der Waals surface area (Å²) in [6, 6.07) is 7.54. The summed E-state index contributed by atoms with van der Waals surface area (Å²) in [5.41, 5.74) is 2.21. The maximum Gasteiger partial charge on any atom is 0.327 e. The van der Waals surface area contributed by atoms with Crippen LogP contribution in [0.3, 0.4) is 0 Å². The van der Waals surface area contributed by atoms with Gasteiger partial charge in [-0.25, -0.2) is 9.79 Å². The van der Waals surface area contributed by atoms with Crippen molar-refractivity contribution in [2.45, 2.75) is 6.92 Å². The molecule has 1 aromatic rings. The predicted octanol–water partition coefficient (Wildman–Crippen LogP) is 2.43. The number of amides is 1. The number of rotatable bonds is 5. The van der Waals surface area contributed by atoms with Crippen molar-refractivity contribution in [3.8, 4) is 0 Å². The van der Waals surface area contributed by atoms with Crippen LogP contribution in [0.15, 0.2) is 53.2 Å². The molecule has 0 fully saturated rings. The van der Waals surface area contributed by atoms with E-state index in [1.807, 2.05) is 43.3 Å². The third kappa shape index (κ3) is 3.51. The number of aliphatic imine (C=N–C) groups is 1. The molecule has 2 N–H and O–H groups in total. The number of hydrogen-bond donors (Lipinski definition) is 2. The minimum Gasteiger partial charge on any atom is -0.378 e. The molecule has 1 aliphatic rings. The van der Waals surface area contributed by atoms with Gasteiger partial charge >= 0.3 is 5.91 Å². The zero-order valence-electron chi connectivity index (χ0n) is 14.4. The van der Waals surface area contributed by atoms with E-state index in [-0.39, 0.29) is 5.70 Å². The molecule has 0 unspecified atom stereocenters. The van der Waals surface area contributed by atoms with E-state index in [1.165, 1.54) is 19.1 Å². The Morgan fingerprint density at radius 2 is 1.72 bits per heavy atom. The third-order valence-electron chi connectivity index (χ3n) is 3.89. The van der Waals surface area contributed by atoms with Gasteiger partial charge in [-0.3, -0.25) is 15.6 Å². The lowest BCUT2D eigenvalue weighted by Gasteiger charge is -2.25. The number of nitrogens with zero attached hydrogens (tertiary/aromatic N) is 3. The van der Waals surface area contributed by atoms with Gasteiger partial charge in [0.05, 0.1) is 18.3 Å². The number of carbonyl (C=O) groups is 2. The van der Waals surface area contributed by atoms with Crippen molar-refractivity contribution in [1.82, 2.24) is 0 Å². The molecule has 0 saturated heterocycles. The molecule has 0 heterocycles. The van der Waals surface area contributed by atoms with Crippen LogP contribution in [0.2, 0.25) is 0 Å². The number of nitrogens with one attached hydrogen (secondary N) is 2. The summed E-state index contributed by atoms with van der Waals surface area (Å²) in [7, 11) is 3.89. The number of ketones is 1. The van der Waals surface area contributed by atoms with Gasteiger partial charge in [-0.1, -0.05) is 0 Å². The molecule has 0 aliphatic heterocycles. The fourth-order valence-corrected chi connectivity index (χ4v) is 2.37. The Hall–Kier alpha value is -3.19. The summed E-state index contributed by atoms with van der Waals surface area (Å²) in [5.74, 6) is -0.946. The largest absolute Gasteiger partial charge is 0.378 e. The van der Waals surface area contributed by atoms with Crippen LogP contribution in [0.25, 0.3) is 0 Å². The van der Waals surface area contributed by atoms with Gasteiger partial charge in [0.1, 0.15) is 0 Å². The molecule has 25 heavy (non-hydrogen) atoms. The molecular formula is C18H20N5O2+. The Morgan fingerprint density at radius 1 is 1.12 bits per heavy atom. The Morgan fingerprint density at radius 3 is 2.20 bits per heavy atom. The van der Waals surface area contributed by atoms with Crippen LogP contribution in [0.4, 0.5) is 11.4 Å². The van der Waals surface area contributed by atoms with Gasteiger partial charge in [0.25, 0.3) is 0 Å². The van der Waals surface area contributed by atoms with E-state index in [9.17, 15) is 9.59 Å². The number of quaternary nitrogens is 1. The second kappa shape index (κ2) is 7.14. The fourth-order valence-electron chi connectivity index (χ4n) is 2.37. The molecule has 0 spiro atoms. The normalized spacial score (nSPS) is 17.6. The topological polar surface area (TPSA) is 97.4 Å². The van der Waals surface area contributed by atoms with E-state index < -0.39 is 16.2 Å². The predicted molar refractivity (Wildman–Crippen MR) is 98.6 cm³/mol. The first-order valence-electron chi connectivity index (χ1n) is 7.57. The van der Waals surface area contributed by atoms with Crippen molar-refractivity contribution in [3.05, 3.63) is 48.2 Å². The smallest absolute Gasteiger partial charge is 0.327 e. The van der Waals surface area contributed by atoms with E-state index in [0.717, 1.165) is 18.4 Å². The molecule has 0 saturated carbocycles. The van der Waals surface area contributed by atoms with Crippen LogP contribution < -0.4 is 4.90 Å². The Labute approximate surface area is 146 Å².